The van der Waals surface area contributed by atoms with E-state index in [9.17, 15) is 13.9 Å². The van der Waals surface area contributed by atoms with Crippen molar-refractivity contribution in [1.29, 1.82) is 0 Å². The zero-order valence-corrected chi connectivity index (χ0v) is 10.0. The number of hydrogen-bond acceptors (Lipinski definition) is 1. The highest BCUT2D eigenvalue weighted by molar-refractivity contribution is 5.21. The van der Waals surface area contributed by atoms with E-state index in [0.29, 0.717) is 18.8 Å². The number of aliphatic hydroxyl groups is 1. The van der Waals surface area contributed by atoms with Gasteiger partial charge in [0.05, 0.1) is 5.60 Å². The Hall–Kier alpha value is -0.960. The highest BCUT2D eigenvalue weighted by Crippen LogP contribution is 2.38. The van der Waals surface area contributed by atoms with Crippen LogP contribution in [0.25, 0.3) is 0 Å². The fourth-order valence-electron chi connectivity index (χ4n) is 2.76. The molecule has 1 fully saturated rings. The highest BCUT2D eigenvalue weighted by atomic mass is 19.1. The smallest absolute Gasteiger partial charge is 0.126 e. The molecule has 17 heavy (non-hydrogen) atoms. The zero-order chi connectivity index (χ0) is 12.5. The van der Waals surface area contributed by atoms with E-state index < -0.39 is 17.2 Å². The summed E-state index contributed by atoms with van der Waals surface area (Å²) in [4.78, 5) is 0. The van der Waals surface area contributed by atoms with Crippen LogP contribution in [0.5, 0.6) is 0 Å². The maximum atomic E-state index is 13.5. The Morgan fingerprint density at radius 2 is 2.18 bits per heavy atom. The van der Waals surface area contributed by atoms with Gasteiger partial charge >= 0.3 is 0 Å². The Balaban J connectivity index is 2.13. The van der Waals surface area contributed by atoms with Gasteiger partial charge in [0.2, 0.25) is 0 Å². The molecule has 1 aromatic carbocycles. The molecule has 1 aromatic rings. The average molecular weight is 240 g/mol. The molecule has 2 unspecified atom stereocenters. The van der Waals surface area contributed by atoms with Crippen molar-refractivity contribution in [3.05, 3.63) is 35.4 Å². The van der Waals surface area contributed by atoms with E-state index in [-0.39, 0.29) is 12.0 Å². The van der Waals surface area contributed by atoms with Gasteiger partial charge < -0.3 is 5.11 Å². The lowest BCUT2D eigenvalue weighted by Gasteiger charge is -2.23. The first-order valence-electron chi connectivity index (χ1n) is 6.19. The third-order valence-electron chi connectivity index (χ3n) is 3.79. The quantitative estimate of drug-likeness (QED) is 0.858. The zero-order valence-electron chi connectivity index (χ0n) is 10.0. The first-order valence-corrected chi connectivity index (χ1v) is 6.19. The average Bonchev–Trinajstić information content (AvgIpc) is 2.66. The van der Waals surface area contributed by atoms with Gasteiger partial charge in [0.1, 0.15) is 11.6 Å². The van der Waals surface area contributed by atoms with Crippen LogP contribution in [0.3, 0.4) is 0 Å². The summed E-state index contributed by atoms with van der Waals surface area (Å²) in [6, 6.07) is 3.42. The molecule has 1 saturated carbocycles. The Kier molecular flexibility index (Phi) is 3.48. The molecule has 0 aliphatic heterocycles. The molecule has 2 rings (SSSR count). The Morgan fingerprint density at radius 1 is 1.41 bits per heavy atom. The molecule has 3 heteroatoms. The molecule has 0 heterocycles. The van der Waals surface area contributed by atoms with Gasteiger partial charge in [-0.1, -0.05) is 13.3 Å². The second kappa shape index (κ2) is 4.73. The number of halogens is 2. The summed E-state index contributed by atoms with van der Waals surface area (Å²) in [6.45, 7) is 2.10. The van der Waals surface area contributed by atoms with Crippen molar-refractivity contribution in [1.82, 2.24) is 0 Å². The molecule has 0 bridgehead atoms. The summed E-state index contributed by atoms with van der Waals surface area (Å²) in [5.74, 6) is -0.369. The maximum Gasteiger partial charge on any atom is 0.126 e. The van der Waals surface area contributed by atoms with Gasteiger partial charge in [-0.2, -0.15) is 0 Å². The summed E-state index contributed by atoms with van der Waals surface area (Å²) in [5.41, 5.74) is -0.570. The Labute approximate surface area is 100 Å². The molecule has 94 valence electrons. The van der Waals surface area contributed by atoms with Gasteiger partial charge in [-0.15, -0.1) is 0 Å². The van der Waals surface area contributed by atoms with Crippen LogP contribution in [-0.4, -0.2) is 10.7 Å². The van der Waals surface area contributed by atoms with Crippen molar-refractivity contribution >= 4 is 0 Å². The standard InChI is InChI=1S/C14H18F2O/c1-2-10-5-6-14(17,8-10)9-11-7-12(15)3-4-13(11)16/h3-4,7,10,17H,2,5-6,8-9H2,1H3. The van der Waals surface area contributed by atoms with Gasteiger partial charge in [-0.3, -0.25) is 0 Å². The molecule has 1 aliphatic rings. The molecule has 0 aromatic heterocycles. The summed E-state index contributed by atoms with van der Waals surface area (Å²) < 4.78 is 26.5. The maximum absolute atomic E-state index is 13.5. The topological polar surface area (TPSA) is 20.2 Å². The molecular formula is C14H18F2O. The fourth-order valence-corrected chi connectivity index (χ4v) is 2.76. The molecule has 1 nitrogen and oxygen atoms in total. The lowest BCUT2D eigenvalue weighted by Crippen LogP contribution is -2.28. The predicted molar refractivity (Wildman–Crippen MR) is 62.6 cm³/mol. The third-order valence-corrected chi connectivity index (χ3v) is 3.79. The van der Waals surface area contributed by atoms with Crippen LogP contribution in [-0.2, 0) is 6.42 Å². The van der Waals surface area contributed by atoms with Gasteiger partial charge in [-0.05, 0) is 48.9 Å². The molecule has 2 atom stereocenters. The van der Waals surface area contributed by atoms with Crippen molar-refractivity contribution in [2.24, 2.45) is 5.92 Å². The van der Waals surface area contributed by atoms with Crippen LogP contribution < -0.4 is 0 Å². The van der Waals surface area contributed by atoms with Gasteiger partial charge in [0.25, 0.3) is 0 Å². The summed E-state index contributed by atoms with van der Waals surface area (Å²) >= 11 is 0. The fraction of sp³-hybridized carbons (Fsp3) is 0.571. The first kappa shape index (κ1) is 12.5. The minimum absolute atomic E-state index is 0.215. The third kappa shape index (κ3) is 2.83. The number of benzene rings is 1. The molecule has 1 aliphatic carbocycles. The molecule has 0 amide bonds. The van der Waals surface area contributed by atoms with Crippen LogP contribution in [0.4, 0.5) is 8.78 Å². The van der Waals surface area contributed by atoms with Crippen molar-refractivity contribution in [3.63, 3.8) is 0 Å². The lowest BCUT2D eigenvalue weighted by molar-refractivity contribution is 0.0428. The molecule has 1 N–H and O–H groups in total. The highest BCUT2D eigenvalue weighted by Gasteiger charge is 2.37. The van der Waals surface area contributed by atoms with Gasteiger partial charge in [0, 0.05) is 6.42 Å². The van der Waals surface area contributed by atoms with Crippen molar-refractivity contribution in [2.75, 3.05) is 0 Å². The first-order chi connectivity index (χ1) is 8.02. The van der Waals surface area contributed by atoms with Crippen LogP contribution in [0.2, 0.25) is 0 Å². The van der Waals surface area contributed by atoms with Gasteiger partial charge in [0.15, 0.2) is 0 Å². The minimum Gasteiger partial charge on any atom is -0.390 e. The predicted octanol–water partition coefficient (Wildman–Crippen LogP) is 3.45. The van der Waals surface area contributed by atoms with Crippen molar-refractivity contribution in [2.45, 2.75) is 44.6 Å². The van der Waals surface area contributed by atoms with E-state index in [0.717, 1.165) is 25.0 Å². The number of hydrogen-bond donors (Lipinski definition) is 1. The van der Waals surface area contributed by atoms with E-state index >= 15 is 0 Å². The van der Waals surface area contributed by atoms with Crippen LogP contribution >= 0.6 is 0 Å². The monoisotopic (exact) mass is 240 g/mol. The Bertz CT molecular complexity index is 405. The lowest BCUT2D eigenvalue weighted by atomic mass is 9.91. The summed E-state index contributed by atoms with van der Waals surface area (Å²) in [5, 5.41) is 10.4. The largest absolute Gasteiger partial charge is 0.390 e. The molecule has 0 spiro atoms. The van der Waals surface area contributed by atoms with Gasteiger partial charge in [-0.25, -0.2) is 8.78 Å². The van der Waals surface area contributed by atoms with E-state index in [1.54, 1.807) is 0 Å². The minimum atomic E-state index is -0.852. The summed E-state index contributed by atoms with van der Waals surface area (Å²) in [6.07, 6.45) is 3.60. The number of rotatable bonds is 3. The second-order valence-corrected chi connectivity index (χ2v) is 5.15. The van der Waals surface area contributed by atoms with E-state index in [1.165, 1.54) is 6.07 Å². The van der Waals surface area contributed by atoms with Crippen LogP contribution in [0, 0.1) is 17.6 Å². The molecule has 0 radical (unpaired) electrons. The van der Waals surface area contributed by atoms with E-state index in [1.807, 2.05) is 0 Å². The van der Waals surface area contributed by atoms with Crippen molar-refractivity contribution in [3.8, 4) is 0 Å². The van der Waals surface area contributed by atoms with E-state index in [4.69, 9.17) is 0 Å². The summed E-state index contributed by atoms with van der Waals surface area (Å²) in [7, 11) is 0. The Morgan fingerprint density at radius 3 is 2.82 bits per heavy atom. The van der Waals surface area contributed by atoms with E-state index in [2.05, 4.69) is 6.92 Å². The molecule has 0 saturated heterocycles. The van der Waals surface area contributed by atoms with Crippen LogP contribution in [0.1, 0.15) is 38.2 Å². The molecular weight excluding hydrogens is 222 g/mol. The normalized spacial score (nSPS) is 28.6. The SMILES string of the molecule is CCC1CCC(O)(Cc2cc(F)ccc2F)C1. The van der Waals surface area contributed by atoms with Crippen molar-refractivity contribution < 1.29 is 13.9 Å². The van der Waals surface area contributed by atoms with Crippen LogP contribution in [0.15, 0.2) is 18.2 Å². The second-order valence-electron chi connectivity index (χ2n) is 5.15.